The zero-order valence-electron chi connectivity index (χ0n) is 18.1. The standard InChI is InChI=1S/C19H14FN7.2C2H6/c20-16-12(8-21)2-1-3-14(16)17-15-9-24-27(18(15)26-19(23)25-17)10-11-4-6-13(22)7-5-11;2*1-2/h1-7,9H,10,22H2,(H2,23,25,26);2*1-2H3. The summed E-state index contributed by atoms with van der Waals surface area (Å²) in [5.74, 6) is -0.649. The van der Waals surface area contributed by atoms with Crippen molar-refractivity contribution in [3.63, 3.8) is 0 Å². The molecular formula is C23H26FN7. The minimum absolute atomic E-state index is 0.00156. The molecule has 2 aromatic carbocycles. The first-order chi connectivity index (χ1) is 15.1. The van der Waals surface area contributed by atoms with Crippen LogP contribution in [0.2, 0.25) is 0 Å². The van der Waals surface area contributed by atoms with Crippen LogP contribution in [0.4, 0.5) is 16.0 Å². The maximum Gasteiger partial charge on any atom is 0.222 e. The van der Waals surface area contributed by atoms with Gasteiger partial charge in [-0.3, -0.25) is 0 Å². The molecule has 0 amide bonds. The molecule has 4 rings (SSSR count). The van der Waals surface area contributed by atoms with E-state index in [2.05, 4.69) is 15.1 Å². The summed E-state index contributed by atoms with van der Waals surface area (Å²) in [5, 5.41) is 14.0. The van der Waals surface area contributed by atoms with Crippen molar-refractivity contribution in [2.45, 2.75) is 34.2 Å². The predicted octanol–water partition coefficient (Wildman–Crippen LogP) is 4.77. The molecule has 0 bridgehead atoms. The molecule has 0 atom stereocenters. The summed E-state index contributed by atoms with van der Waals surface area (Å²) >= 11 is 0. The summed E-state index contributed by atoms with van der Waals surface area (Å²) in [6, 6.07) is 13.8. The number of fused-ring (bicyclic) bond motifs is 1. The van der Waals surface area contributed by atoms with Crippen LogP contribution in [0.5, 0.6) is 0 Å². The van der Waals surface area contributed by atoms with Crippen LogP contribution in [0, 0.1) is 17.1 Å². The van der Waals surface area contributed by atoms with E-state index in [9.17, 15) is 4.39 Å². The van der Waals surface area contributed by atoms with Crippen LogP contribution in [0.25, 0.3) is 22.3 Å². The third-order valence-electron chi connectivity index (χ3n) is 4.20. The highest BCUT2D eigenvalue weighted by Gasteiger charge is 2.18. The van der Waals surface area contributed by atoms with Gasteiger partial charge < -0.3 is 11.5 Å². The van der Waals surface area contributed by atoms with Gasteiger partial charge in [-0.2, -0.15) is 15.3 Å². The van der Waals surface area contributed by atoms with Gasteiger partial charge in [0.15, 0.2) is 5.65 Å². The monoisotopic (exact) mass is 419 g/mol. The minimum atomic E-state index is -0.648. The third-order valence-corrected chi connectivity index (χ3v) is 4.20. The van der Waals surface area contributed by atoms with Gasteiger partial charge in [0.05, 0.1) is 29.4 Å². The highest BCUT2D eigenvalue weighted by atomic mass is 19.1. The summed E-state index contributed by atoms with van der Waals surface area (Å²) in [7, 11) is 0. The Hall–Kier alpha value is -3.99. The van der Waals surface area contributed by atoms with Crippen LogP contribution in [-0.2, 0) is 6.54 Å². The van der Waals surface area contributed by atoms with Crippen molar-refractivity contribution in [2.75, 3.05) is 11.5 Å². The number of nitrogen functional groups attached to an aromatic ring is 2. The van der Waals surface area contributed by atoms with Crippen LogP contribution in [0.3, 0.4) is 0 Å². The molecule has 0 spiro atoms. The maximum atomic E-state index is 14.6. The molecule has 2 aromatic heterocycles. The van der Waals surface area contributed by atoms with Crippen molar-refractivity contribution < 1.29 is 4.39 Å². The second kappa shape index (κ2) is 10.7. The highest BCUT2D eigenvalue weighted by molar-refractivity contribution is 5.91. The van der Waals surface area contributed by atoms with Gasteiger partial charge in [-0.15, -0.1) is 0 Å². The lowest BCUT2D eigenvalue weighted by molar-refractivity contribution is 0.627. The summed E-state index contributed by atoms with van der Waals surface area (Å²) in [5.41, 5.74) is 14.1. The van der Waals surface area contributed by atoms with E-state index in [4.69, 9.17) is 16.7 Å². The highest BCUT2D eigenvalue weighted by Crippen LogP contribution is 2.30. The fourth-order valence-electron chi connectivity index (χ4n) is 2.89. The summed E-state index contributed by atoms with van der Waals surface area (Å²) in [6.07, 6.45) is 1.57. The molecule has 0 aliphatic heterocycles. The number of rotatable bonds is 3. The number of nitrogens with zero attached hydrogens (tertiary/aromatic N) is 5. The molecule has 160 valence electrons. The first-order valence-corrected chi connectivity index (χ1v) is 10.1. The second-order valence-corrected chi connectivity index (χ2v) is 5.99. The van der Waals surface area contributed by atoms with E-state index < -0.39 is 5.82 Å². The van der Waals surface area contributed by atoms with E-state index in [1.165, 1.54) is 6.07 Å². The molecule has 0 unspecified atom stereocenters. The van der Waals surface area contributed by atoms with Gasteiger partial charge in [0, 0.05) is 11.3 Å². The van der Waals surface area contributed by atoms with E-state index in [0.717, 1.165) is 5.56 Å². The van der Waals surface area contributed by atoms with Crippen molar-refractivity contribution in [1.82, 2.24) is 19.7 Å². The number of nitrogens with two attached hydrogens (primary N) is 2. The Morgan fingerprint density at radius 1 is 1.00 bits per heavy atom. The quantitative estimate of drug-likeness (QED) is 0.462. The van der Waals surface area contributed by atoms with E-state index in [1.807, 2.05) is 45.9 Å². The van der Waals surface area contributed by atoms with Gasteiger partial charge in [0.1, 0.15) is 11.9 Å². The lowest BCUT2D eigenvalue weighted by Crippen LogP contribution is -2.05. The summed E-state index contributed by atoms with van der Waals surface area (Å²) < 4.78 is 16.3. The molecule has 7 nitrogen and oxygen atoms in total. The summed E-state index contributed by atoms with van der Waals surface area (Å²) in [6.45, 7) is 8.44. The van der Waals surface area contributed by atoms with Gasteiger partial charge in [0.25, 0.3) is 0 Å². The van der Waals surface area contributed by atoms with Crippen LogP contribution >= 0.6 is 0 Å². The number of anilines is 2. The van der Waals surface area contributed by atoms with Gasteiger partial charge in [0.2, 0.25) is 5.95 Å². The Morgan fingerprint density at radius 3 is 2.32 bits per heavy atom. The number of nitriles is 1. The topological polar surface area (TPSA) is 119 Å². The lowest BCUT2D eigenvalue weighted by Gasteiger charge is -2.08. The number of hydrogen-bond donors (Lipinski definition) is 2. The molecule has 0 aliphatic rings. The molecule has 4 N–H and O–H groups in total. The average Bonchev–Trinajstić information content (AvgIpc) is 3.20. The molecule has 31 heavy (non-hydrogen) atoms. The van der Waals surface area contributed by atoms with E-state index >= 15 is 0 Å². The molecule has 0 radical (unpaired) electrons. The van der Waals surface area contributed by atoms with Gasteiger partial charge in [-0.1, -0.05) is 45.9 Å². The van der Waals surface area contributed by atoms with E-state index in [0.29, 0.717) is 29.0 Å². The number of hydrogen-bond acceptors (Lipinski definition) is 6. The van der Waals surface area contributed by atoms with Crippen molar-refractivity contribution >= 4 is 22.7 Å². The predicted molar refractivity (Wildman–Crippen MR) is 122 cm³/mol. The molecule has 8 heteroatoms. The first-order valence-electron chi connectivity index (χ1n) is 10.1. The van der Waals surface area contributed by atoms with Crippen molar-refractivity contribution in [1.29, 1.82) is 5.26 Å². The van der Waals surface area contributed by atoms with Crippen LogP contribution < -0.4 is 11.5 Å². The smallest absolute Gasteiger partial charge is 0.222 e. The fraction of sp³-hybridized carbons (Fsp3) is 0.217. The Bertz CT molecular complexity index is 1190. The van der Waals surface area contributed by atoms with E-state index in [1.54, 1.807) is 35.1 Å². The lowest BCUT2D eigenvalue weighted by atomic mass is 10.1. The first kappa shape index (κ1) is 23.3. The molecule has 0 saturated heterocycles. The zero-order chi connectivity index (χ0) is 23.0. The Morgan fingerprint density at radius 2 is 1.68 bits per heavy atom. The van der Waals surface area contributed by atoms with Gasteiger partial charge >= 0.3 is 0 Å². The number of aromatic nitrogens is 4. The van der Waals surface area contributed by atoms with Gasteiger partial charge in [-0.25, -0.2) is 14.1 Å². The normalized spacial score (nSPS) is 9.81. The van der Waals surface area contributed by atoms with Crippen molar-refractivity contribution in [3.05, 3.63) is 65.6 Å². The largest absolute Gasteiger partial charge is 0.399 e. The second-order valence-electron chi connectivity index (χ2n) is 5.99. The van der Waals surface area contributed by atoms with Crippen LogP contribution in [-0.4, -0.2) is 19.7 Å². The van der Waals surface area contributed by atoms with Crippen molar-refractivity contribution in [3.8, 4) is 17.3 Å². The van der Waals surface area contributed by atoms with Crippen LogP contribution in [0.1, 0.15) is 38.8 Å². The molecule has 4 aromatic rings. The Kier molecular flexibility index (Phi) is 8.03. The van der Waals surface area contributed by atoms with Gasteiger partial charge in [-0.05, 0) is 29.8 Å². The molecule has 0 saturated carbocycles. The molecule has 0 fully saturated rings. The van der Waals surface area contributed by atoms with E-state index in [-0.39, 0.29) is 17.1 Å². The number of benzene rings is 2. The molecular weight excluding hydrogens is 393 g/mol. The molecule has 2 heterocycles. The van der Waals surface area contributed by atoms with Crippen molar-refractivity contribution in [2.24, 2.45) is 0 Å². The summed E-state index contributed by atoms with van der Waals surface area (Å²) in [4.78, 5) is 8.45. The third kappa shape index (κ3) is 4.95. The SMILES string of the molecule is CC.CC.N#Cc1cccc(-c2nc(N)nc3c2cnn3Cc2ccc(N)cc2)c1F. The maximum absolute atomic E-state index is 14.6. The van der Waals surface area contributed by atoms with Crippen LogP contribution in [0.15, 0.2) is 48.7 Å². The Balaban J connectivity index is 0.000000807. The minimum Gasteiger partial charge on any atom is -0.399 e. The number of halogens is 1. The average molecular weight is 420 g/mol. The molecule has 0 aliphatic carbocycles. The zero-order valence-corrected chi connectivity index (χ0v) is 18.1. The fourth-order valence-corrected chi connectivity index (χ4v) is 2.89. The Labute approximate surface area is 181 Å².